The topological polar surface area (TPSA) is 71.3 Å². The van der Waals surface area contributed by atoms with Gasteiger partial charge in [-0.3, -0.25) is 4.79 Å². The normalized spacial score (nSPS) is 20.3. The van der Waals surface area contributed by atoms with Crippen LogP contribution in [0.15, 0.2) is 42.5 Å². The summed E-state index contributed by atoms with van der Waals surface area (Å²) in [4.78, 5) is 11.7. The number of benzene rings is 2. The van der Waals surface area contributed by atoms with Crippen molar-refractivity contribution in [2.45, 2.75) is 38.5 Å². The predicted molar refractivity (Wildman–Crippen MR) is 94.2 cm³/mol. The molecule has 2 aromatic rings. The third kappa shape index (κ3) is 3.47. The van der Waals surface area contributed by atoms with Gasteiger partial charge >= 0.3 is 5.97 Å². The summed E-state index contributed by atoms with van der Waals surface area (Å²) in [5.74, 6) is -0.166. The average molecular weight is 354 g/mol. The molecule has 26 heavy (non-hydrogen) atoms. The summed E-state index contributed by atoms with van der Waals surface area (Å²) >= 11 is 0. The number of anilines is 1. The van der Waals surface area contributed by atoms with Gasteiger partial charge in [-0.15, -0.1) is 0 Å². The van der Waals surface area contributed by atoms with Gasteiger partial charge in [0.15, 0.2) is 6.10 Å². The minimum Gasteiger partial charge on any atom is -0.484 e. The first-order valence-corrected chi connectivity index (χ1v) is 8.22. The van der Waals surface area contributed by atoms with Crippen LogP contribution in [-0.2, 0) is 9.53 Å². The summed E-state index contributed by atoms with van der Waals surface area (Å²) in [7, 11) is 0. The smallest absolute Gasteiger partial charge is 0.303 e. The number of carbonyl (C=O) groups is 1. The first-order valence-electron chi connectivity index (χ1n) is 8.22. The van der Waals surface area contributed by atoms with E-state index in [4.69, 9.17) is 9.47 Å². The Morgan fingerprint density at radius 2 is 1.96 bits per heavy atom. The standard InChI is InChI=1S/C20H19FN2O3/c1-12(24)25-19-18(23-15-7-5-14(21)6-8-15)16-10-13(11-22)4-9-17(16)26-20(19,2)3/h4-10,18-19,23H,1-3H3/t18?,19-/m1/s1. The van der Waals surface area contributed by atoms with Gasteiger partial charge in [-0.05, 0) is 56.3 Å². The van der Waals surface area contributed by atoms with Crippen molar-refractivity contribution < 1.29 is 18.7 Å². The minimum atomic E-state index is -0.801. The molecule has 0 fully saturated rings. The molecule has 0 radical (unpaired) electrons. The van der Waals surface area contributed by atoms with E-state index in [0.717, 1.165) is 0 Å². The lowest BCUT2D eigenvalue weighted by Crippen LogP contribution is -2.52. The van der Waals surface area contributed by atoms with Crippen LogP contribution in [-0.4, -0.2) is 17.7 Å². The second-order valence-electron chi connectivity index (χ2n) is 6.73. The predicted octanol–water partition coefficient (Wildman–Crippen LogP) is 3.95. The van der Waals surface area contributed by atoms with Crippen LogP contribution in [0.4, 0.5) is 10.1 Å². The van der Waals surface area contributed by atoms with Crippen molar-refractivity contribution in [2.75, 3.05) is 5.32 Å². The molecule has 0 spiro atoms. The van der Waals surface area contributed by atoms with Gasteiger partial charge in [0, 0.05) is 18.2 Å². The Balaban J connectivity index is 2.08. The molecule has 1 aliphatic rings. The number of ether oxygens (including phenoxy) is 2. The second-order valence-corrected chi connectivity index (χ2v) is 6.73. The Labute approximate surface area is 151 Å². The van der Waals surface area contributed by atoms with Gasteiger partial charge < -0.3 is 14.8 Å². The molecule has 134 valence electrons. The summed E-state index contributed by atoms with van der Waals surface area (Å²) in [5.41, 5.74) is 1.04. The van der Waals surface area contributed by atoms with E-state index in [1.165, 1.54) is 19.1 Å². The molecule has 1 unspecified atom stereocenters. The zero-order valence-electron chi connectivity index (χ0n) is 14.7. The van der Waals surface area contributed by atoms with Crippen LogP contribution in [0, 0.1) is 17.1 Å². The first kappa shape index (κ1) is 17.7. The monoisotopic (exact) mass is 354 g/mol. The van der Waals surface area contributed by atoms with Crippen molar-refractivity contribution in [2.24, 2.45) is 0 Å². The highest BCUT2D eigenvalue weighted by Crippen LogP contribution is 2.43. The molecule has 1 heterocycles. The molecular weight excluding hydrogens is 335 g/mol. The van der Waals surface area contributed by atoms with E-state index in [2.05, 4.69) is 11.4 Å². The number of carbonyl (C=O) groups excluding carboxylic acids is 1. The molecule has 6 heteroatoms. The fraction of sp³-hybridized carbons (Fsp3) is 0.300. The van der Waals surface area contributed by atoms with Crippen LogP contribution in [0.25, 0.3) is 0 Å². The van der Waals surface area contributed by atoms with Crippen LogP contribution < -0.4 is 10.1 Å². The van der Waals surface area contributed by atoms with Crippen molar-refractivity contribution >= 4 is 11.7 Å². The van der Waals surface area contributed by atoms with Crippen LogP contribution in [0.5, 0.6) is 5.75 Å². The highest BCUT2D eigenvalue weighted by Gasteiger charge is 2.46. The largest absolute Gasteiger partial charge is 0.484 e. The van der Waals surface area contributed by atoms with Gasteiger partial charge in [-0.1, -0.05) is 0 Å². The van der Waals surface area contributed by atoms with Crippen LogP contribution >= 0.6 is 0 Å². The van der Waals surface area contributed by atoms with E-state index in [0.29, 0.717) is 22.6 Å². The molecule has 2 atom stereocenters. The van der Waals surface area contributed by atoms with Gasteiger partial charge in [0.1, 0.15) is 17.2 Å². The molecule has 0 aliphatic carbocycles. The first-order chi connectivity index (χ1) is 12.3. The molecule has 0 aromatic heterocycles. The van der Waals surface area contributed by atoms with Crippen LogP contribution in [0.1, 0.15) is 37.9 Å². The number of esters is 1. The van der Waals surface area contributed by atoms with E-state index in [9.17, 15) is 14.4 Å². The summed E-state index contributed by atoms with van der Waals surface area (Å²) < 4.78 is 24.8. The third-order valence-electron chi connectivity index (χ3n) is 4.29. The number of rotatable bonds is 3. The molecule has 0 saturated carbocycles. The molecular formula is C20H19FN2O3. The second kappa shape index (κ2) is 6.68. The number of nitrogens with zero attached hydrogens (tertiary/aromatic N) is 1. The zero-order valence-corrected chi connectivity index (χ0v) is 14.7. The van der Waals surface area contributed by atoms with Crippen molar-refractivity contribution in [3.63, 3.8) is 0 Å². The maximum atomic E-state index is 13.2. The molecule has 3 rings (SSSR count). The lowest BCUT2D eigenvalue weighted by molar-refractivity contribution is -0.160. The number of hydrogen-bond acceptors (Lipinski definition) is 5. The Kier molecular flexibility index (Phi) is 4.56. The summed E-state index contributed by atoms with van der Waals surface area (Å²) in [6, 6.07) is 12.7. The number of nitrogens with one attached hydrogen (secondary N) is 1. The van der Waals surface area contributed by atoms with E-state index in [1.54, 1.807) is 30.3 Å². The Hall–Kier alpha value is -3.07. The van der Waals surface area contributed by atoms with Gasteiger partial charge in [-0.2, -0.15) is 5.26 Å². The molecule has 5 nitrogen and oxygen atoms in total. The molecule has 0 amide bonds. The highest BCUT2D eigenvalue weighted by molar-refractivity contribution is 5.67. The van der Waals surface area contributed by atoms with Crippen molar-refractivity contribution in [3.05, 3.63) is 59.4 Å². The summed E-state index contributed by atoms with van der Waals surface area (Å²) in [5, 5.41) is 12.5. The Morgan fingerprint density at radius 3 is 2.58 bits per heavy atom. The molecule has 0 saturated heterocycles. The van der Waals surface area contributed by atoms with E-state index in [1.807, 2.05) is 13.8 Å². The van der Waals surface area contributed by atoms with Crippen molar-refractivity contribution in [1.82, 2.24) is 0 Å². The van der Waals surface area contributed by atoms with Crippen LogP contribution in [0.2, 0.25) is 0 Å². The zero-order chi connectivity index (χ0) is 18.9. The quantitative estimate of drug-likeness (QED) is 0.845. The van der Waals surface area contributed by atoms with E-state index >= 15 is 0 Å². The van der Waals surface area contributed by atoms with Crippen molar-refractivity contribution in [3.8, 4) is 11.8 Å². The van der Waals surface area contributed by atoms with Crippen molar-refractivity contribution in [1.29, 1.82) is 5.26 Å². The van der Waals surface area contributed by atoms with Gasteiger partial charge in [0.05, 0.1) is 17.7 Å². The number of nitriles is 1. The molecule has 1 aliphatic heterocycles. The Bertz CT molecular complexity index is 872. The highest BCUT2D eigenvalue weighted by atomic mass is 19.1. The summed E-state index contributed by atoms with van der Waals surface area (Å²) in [6.45, 7) is 5.01. The van der Waals surface area contributed by atoms with Gasteiger partial charge in [-0.25, -0.2) is 4.39 Å². The number of fused-ring (bicyclic) bond motifs is 1. The van der Waals surface area contributed by atoms with Gasteiger partial charge in [0.25, 0.3) is 0 Å². The van der Waals surface area contributed by atoms with Crippen LogP contribution in [0.3, 0.4) is 0 Å². The number of hydrogen-bond donors (Lipinski definition) is 1. The SMILES string of the molecule is CC(=O)O[C@@H]1C(Nc2ccc(F)cc2)c2cc(C#N)ccc2OC1(C)C. The third-order valence-corrected chi connectivity index (χ3v) is 4.29. The maximum absolute atomic E-state index is 13.2. The minimum absolute atomic E-state index is 0.341. The summed E-state index contributed by atoms with van der Waals surface area (Å²) in [6.07, 6.45) is -0.647. The lowest BCUT2D eigenvalue weighted by Gasteiger charge is -2.44. The number of halogens is 1. The molecule has 1 N–H and O–H groups in total. The van der Waals surface area contributed by atoms with E-state index < -0.39 is 23.7 Å². The fourth-order valence-corrected chi connectivity index (χ4v) is 3.13. The maximum Gasteiger partial charge on any atom is 0.303 e. The van der Waals surface area contributed by atoms with Gasteiger partial charge in [0.2, 0.25) is 0 Å². The fourth-order valence-electron chi connectivity index (χ4n) is 3.13. The molecule has 2 aromatic carbocycles. The van der Waals surface area contributed by atoms with E-state index in [-0.39, 0.29) is 5.82 Å². The lowest BCUT2D eigenvalue weighted by atomic mass is 9.85. The Morgan fingerprint density at radius 1 is 1.27 bits per heavy atom. The molecule has 0 bridgehead atoms. The average Bonchev–Trinajstić information content (AvgIpc) is 2.59.